The van der Waals surface area contributed by atoms with Crippen molar-refractivity contribution in [2.75, 3.05) is 19.6 Å². The first-order valence-electron chi connectivity index (χ1n) is 6.83. The molecule has 0 unspecified atom stereocenters. The molecule has 1 N–H and O–H groups in total. The van der Waals surface area contributed by atoms with E-state index in [-0.39, 0.29) is 5.92 Å². The number of benzene rings is 1. The topological polar surface area (TPSA) is 32.3 Å². The first kappa shape index (κ1) is 11.7. The summed E-state index contributed by atoms with van der Waals surface area (Å²) in [5.41, 5.74) is 2.72. The van der Waals surface area contributed by atoms with Gasteiger partial charge in [-0.3, -0.25) is 4.79 Å². The standard InChI is InChI=1S/C15H20N2O/c1-11-10-17(7-6-16-11)15(18)14-8-12-4-2-3-5-13(12)9-14/h2-5,11,14,16H,6-10H2,1H3/t11-/m1/s1. The van der Waals surface area contributed by atoms with E-state index in [1.54, 1.807) is 0 Å². The number of carbonyl (C=O) groups excluding carboxylic acids is 1. The van der Waals surface area contributed by atoms with Gasteiger partial charge < -0.3 is 10.2 Å². The van der Waals surface area contributed by atoms with Gasteiger partial charge in [0, 0.05) is 31.6 Å². The summed E-state index contributed by atoms with van der Waals surface area (Å²) in [5, 5.41) is 3.38. The summed E-state index contributed by atoms with van der Waals surface area (Å²) < 4.78 is 0. The van der Waals surface area contributed by atoms with E-state index in [1.165, 1.54) is 11.1 Å². The predicted molar refractivity (Wildman–Crippen MR) is 71.4 cm³/mol. The lowest BCUT2D eigenvalue weighted by molar-refractivity contribution is -0.136. The highest BCUT2D eigenvalue weighted by Gasteiger charge is 2.31. The van der Waals surface area contributed by atoms with Gasteiger partial charge in [0.05, 0.1) is 0 Å². The SMILES string of the molecule is C[C@@H]1CN(C(=O)C2Cc3ccccc3C2)CCN1. The number of carbonyl (C=O) groups is 1. The number of rotatable bonds is 1. The lowest BCUT2D eigenvalue weighted by Crippen LogP contribution is -2.52. The number of nitrogens with zero attached hydrogens (tertiary/aromatic N) is 1. The molecular formula is C15H20N2O. The van der Waals surface area contributed by atoms with Crippen molar-refractivity contribution in [3.63, 3.8) is 0 Å². The van der Waals surface area contributed by atoms with Crippen LogP contribution in [0, 0.1) is 5.92 Å². The van der Waals surface area contributed by atoms with Gasteiger partial charge in [-0.25, -0.2) is 0 Å². The molecule has 0 bridgehead atoms. The Hall–Kier alpha value is -1.35. The van der Waals surface area contributed by atoms with Crippen molar-refractivity contribution >= 4 is 5.91 Å². The third-order valence-electron chi connectivity index (χ3n) is 4.08. The van der Waals surface area contributed by atoms with Crippen LogP contribution in [0.15, 0.2) is 24.3 Å². The highest BCUT2D eigenvalue weighted by molar-refractivity contribution is 5.80. The molecule has 3 heteroatoms. The fourth-order valence-corrected chi connectivity index (χ4v) is 3.12. The van der Waals surface area contributed by atoms with Crippen LogP contribution in [0.3, 0.4) is 0 Å². The zero-order valence-electron chi connectivity index (χ0n) is 10.9. The molecule has 1 aromatic carbocycles. The van der Waals surface area contributed by atoms with Crippen LogP contribution in [0.5, 0.6) is 0 Å². The van der Waals surface area contributed by atoms with Crippen molar-refractivity contribution in [1.82, 2.24) is 10.2 Å². The van der Waals surface area contributed by atoms with Crippen LogP contribution in [-0.2, 0) is 17.6 Å². The second-order valence-corrected chi connectivity index (χ2v) is 5.51. The Bertz CT molecular complexity index is 433. The highest BCUT2D eigenvalue weighted by atomic mass is 16.2. The van der Waals surface area contributed by atoms with Crippen molar-refractivity contribution in [3.05, 3.63) is 35.4 Å². The summed E-state index contributed by atoms with van der Waals surface area (Å²) in [5.74, 6) is 0.521. The molecule has 1 atom stereocenters. The maximum Gasteiger partial charge on any atom is 0.226 e. The smallest absolute Gasteiger partial charge is 0.226 e. The third kappa shape index (κ3) is 2.15. The molecule has 0 aromatic heterocycles. The molecule has 1 aliphatic heterocycles. The van der Waals surface area contributed by atoms with Crippen LogP contribution in [0.4, 0.5) is 0 Å². The fourth-order valence-electron chi connectivity index (χ4n) is 3.12. The maximum atomic E-state index is 12.5. The Labute approximate surface area is 108 Å². The number of hydrogen-bond acceptors (Lipinski definition) is 2. The average Bonchev–Trinajstić information content (AvgIpc) is 2.81. The predicted octanol–water partition coefficient (Wildman–Crippen LogP) is 1.22. The molecule has 1 heterocycles. The second-order valence-electron chi connectivity index (χ2n) is 5.51. The molecule has 3 rings (SSSR count). The molecule has 1 fully saturated rings. The molecule has 1 saturated heterocycles. The van der Waals surface area contributed by atoms with Crippen molar-refractivity contribution in [3.8, 4) is 0 Å². The van der Waals surface area contributed by atoms with Gasteiger partial charge in [-0.2, -0.15) is 0 Å². The van der Waals surface area contributed by atoms with Gasteiger partial charge in [-0.05, 0) is 30.9 Å². The van der Waals surface area contributed by atoms with Gasteiger partial charge in [-0.1, -0.05) is 24.3 Å². The van der Waals surface area contributed by atoms with Crippen LogP contribution in [0.25, 0.3) is 0 Å². The van der Waals surface area contributed by atoms with E-state index >= 15 is 0 Å². The van der Waals surface area contributed by atoms with Gasteiger partial charge in [0.1, 0.15) is 0 Å². The number of piperazine rings is 1. The number of nitrogens with one attached hydrogen (secondary N) is 1. The Morgan fingerprint density at radius 3 is 2.56 bits per heavy atom. The molecule has 18 heavy (non-hydrogen) atoms. The van der Waals surface area contributed by atoms with E-state index in [0.29, 0.717) is 11.9 Å². The minimum absolute atomic E-state index is 0.174. The first-order valence-corrected chi connectivity index (χ1v) is 6.83. The fraction of sp³-hybridized carbons (Fsp3) is 0.533. The Balaban J connectivity index is 1.68. The first-order chi connectivity index (χ1) is 8.74. The zero-order chi connectivity index (χ0) is 12.5. The molecule has 1 amide bonds. The lowest BCUT2D eigenvalue weighted by atomic mass is 10.0. The molecule has 1 aromatic rings. The van der Waals surface area contributed by atoms with Gasteiger partial charge in [0.2, 0.25) is 5.91 Å². The summed E-state index contributed by atoms with van der Waals surface area (Å²) in [4.78, 5) is 14.6. The van der Waals surface area contributed by atoms with Gasteiger partial charge in [-0.15, -0.1) is 0 Å². The van der Waals surface area contributed by atoms with E-state index in [9.17, 15) is 4.79 Å². The number of amides is 1. The monoisotopic (exact) mass is 244 g/mol. The Morgan fingerprint density at radius 1 is 1.28 bits per heavy atom. The number of fused-ring (bicyclic) bond motifs is 1. The molecular weight excluding hydrogens is 224 g/mol. The summed E-state index contributed by atoms with van der Waals surface area (Å²) in [6.07, 6.45) is 1.85. The molecule has 0 spiro atoms. The minimum atomic E-state index is 0.174. The molecule has 96 valence electrons. The van der Waals surface area contributed by atoms with Crippen LogP contribution in [0.1, 0.15) is 18.1 Å². The molecule has 0 saturated carbocycles. The van der Waals surface area contributed by atoms with Crippen LogP contribution < -0.4 is 5.32 Å². The van der Waals surface area contributed by atoms with Gasteiger partial charge in [0.25, 0.3) is 0 Å². The lowest BCUT2D eigenvalue weighted by Gasteiger charge is -2.33. The van der Waals surface area contributed by atoms with E-state index in [0.717, 1.165) is 32.5 Å². The van der Waals surface area contributed by atoms with Crippen molar-refractivity contribution in [2.24, 2.45) is 5.92 Å². The third-order valence-corrected chi connectivity index (χ3v) is 4.08. The summed E-state index contributed by atoms with van der Waals surface area (Å²) in [6.45, 7) is 4.77. The zero-order valence-corrected chi connectivity index (χ0v) is 10.9. The molecule has 0 radical (unpaired) electrons. The Kier molecular flexibility index (Phi) is 3.08. The largest absolute Gasteiger partial charge is 0.340 e. The van der Waals surface area contributed by atoms with Gasteiger partial charge >= 0.3 is 0 Å². The minimum Gasteiger partial charge on any atom is -0.340 e. The molecule has 3 nitrogen and oxygen atoms in total. The summed E-state index contributed by atoms with van der Waals surface area (Å²) in [6, 6.07) is 8.87. The van der Waals surface area contributed by atoms with Crippen molar-refractivity contribution < 1.29 is 4.79 Å². The van der Waals surface area contributed by atoms with E-state index < -0.39 is 0 Å². The van der Waals surface area contributed by atoms with E-state index in [2.05, 4.69) is 36.5 Å². The maximum absolute atomic E-state index is 12.5. The summed E-state index contributed by atoms with van der Waals surface area (Å²) >= 11 is 0. The van der Waals surface area contributed by atoms with Crippen molar-refractivity contribution in [1.29, 1.82) is 0 Å². The van der Waals surface area contributed by atoms with Gasteiger partial charge in [0.15, 0.2) is 0 Å². The molecule has 1 aliphatic carbocycles. The van der Waals surface area contributed by atoms with Crippen LogP contribution in [-0.4, -0.2) is 36.5 Å². The van der Waals surface area contributed by atoms with E-state index in [4.69, 9.17) is 0 Å². The number of hydrogen-bond donors (Lipinski definition) is 1. The van der Waals surface area contributed by atoms with Crippen LogP contribution >= 0.6 is 0 Å². The Morgan fingerprint density at radius 2 is 1.94 bits per heavy atom. The second kappa shape index (κ2) is 4.73. The summed E-state index contributed by atoms with van der Waals surface area (Å²) in [7, 11) is 0. The molecule has 2 aliphatic rings. The van der Waals surface area contributed by atoms with E-state index in [1.807, 2.05) is 4.90 Å². The van der Waals surface area contributed by atoms with Crippen molar-refractivity contribution in [2.45, 2.75) is 25.8 Å². The normalized spacial score (nSPS) is 24.1. The highest BCUT2D eigenvalue weighted by Crippen LogP contribution is 2.28. The van der Waals surface area contributed by atoms with Crippen LogP contribution in [0.2, 0.25) is 0 Å². The average molecular weight is 244 g/mol. The quantitative estimate of drug-likeness (QED) is 0.805.